The van der Waals surface area contributed by atoms with Crippen molar-refractivity contribution in [2.24, 2.45) is 0 Å². The average Bonchev–Trinajstić information content (AvgIpc) is 3.05. The van der Waals surface area contributed by atoms with Gasteiger partial charge in [0.25, 0.3) is 5.91 Å². The summed E-state index contributed by atoms with van der Waals surface area (Å²) in [4.78, 5) is 16.5. The smallest absolute Gasteiger partial charge is 0.251 e. The third-order valence-corrected chi connectivity index (χ3v) is 3.82. The van der Waals surface area contributed by atoms with Gasteiger partial charge in [0.2, 0.25) is 0 Å². The first kappa shape index (κ1) is 17.0. The Kier molecular flexibility index (Phi) is 5.30. The molecule has 0 aliphatic rings. The molecule has 2 heterocycles. The Labute approximate surface area is 146 Å². The monoisotopic (exact) mass is 339 g/mol. The van der Waals surface area contributed by atoms with E-state index in [1.807, 2.05) is 35.9 Å². The van der Waals surface area contributed by atoms with E-state index >= 15 is 0 Å². The van der Waals surface area contributed by atoms with E-state index in [1.165, 1.54) is 0 Å². The SMILES string of the molecule is COCCNC(=O)c1ccc(OCc2cn3cccc(C)c3n2)cc1. The third-order valence-electron chi connectivity index (χ3n) is 3.82. The number of nitrogens with one attached hydrogen (secondary N) is 1. The second kappa shape index (κ2) is 7.81. The number of carbonyl (C=O) groups excluding carboxylic acids is 1. The molecule has 1 amide bonds. The van der Waals surface area contributed by atoms with Gasteiger partial charge in [-0.3, -0.25) is 4.79 Å². The van der Waals surface area contributed by atoms with Crippen LogP contribution in [0.1, 0.15) is 21.6 Å². The van der Waals surface area contributed by atoms with Crippen LogP contribution in [0, 0.1) is 6.92 Å². The van der Waals surface area contributed by atoms with Gasteiger partial charge >= 0.3 is 0 Å². The Bertz CT molecular complexity index is 856. The van der Waals surface area contributed by atoms with Crippen molar-refractivity contribution in [2.75, 3.05) is 20.3 Å². The van der Waals surface area contributed by atoms with Gasteiger partial charge in [0.1, 0.15) is 18.0 Å². The largest absolute Gasteiger partial charge is 0.487 e. The van der Waals surface area contributed by atoms with Crippen molar-refractivity contribution in [3.8, 4) is 5.75 Å². The quantitative estimate of drug-likeness (QED) is 0.672. The summed E-state index contributed by atoms with van der Waals surface area (Å²) < 4.78 is 12.7. The molecule has 3 aromatic rings. The lowest BCUT2D eigenvalue weighted by Crippen LogP contribution is -2.26. The van der Waals surface area contributed by atoms with E-state index in [0.29, 0.717) is 31.1 Å². The van der Waals surface area contributed by atoms with Crippen molar-refractivity contribution in [3.63, 3.8) is 0 Å². The highest BCUT2D eigenvalue weighted by Crippen LogP contribution is 2.15. The van der Waals surface area contributed by atoms with E-state index in [4.69, 9.17) is 9.47 Å². The van der Waals surface area contributed by atoms with Gasteiger partial charge in [-0.05, 0) is 42.8 Å². The topological polar surface area (TPSA) is 64.9 Å². The number of ether oxygens (including phenoxy) is 2. The van der Waals surface area contributed by atoms with E-state index in [9.17, 15) is 4.79 Å². The van der Waals surface area contributed by atoms with E-state index in [0.717, 1.165) is 16.9 Å². The molecule has 0 saturated heterocycles. The van der Waals surface area contributed by atoms with E-state index < -0.39 is 0 Å². The van der Waals surface area contributed by atoms with Gasteiger partial charge < -0.3 is 19.2 Å². The highest BCUT2D eigenvalue weighted by Gasteiger charge is 2.07. The normalized spacial score (nSPS) is 10.8. The van der Waals surface area contributed by atoms with Crippen LogP contribution in [0.25, 0.3) is 5.65 Å². The average molecular weight is 339 g/mol. The molecule has 6 nitrogen and oxygen atoms in total. The van der Waals surface area contributed by atoms with Crippen LogP contribution in [0.15, 0.2) is 48.8 Å². The Morgan fingerprint density at radius 2 is 2.04 bits per heavy atom. The lowest BCUT2D eigenvalue weighted by molar-refractivity contribution is 0.0937. The van der Waals surface area contributed by atoms with Crippen molar-refractivity contribution >= 4 is 11.6 Å². The zero-order valence-electron chi connectivity index (χ0n) is 14.4. The van der Waals surface area contributed by atoms with Gasteiger partial charge in [0.15, 0.2) is 0 Å². The van der Waals surface area contributed by atoms with Crippen LogP contribution in [-0.2, 0) is 11.3 Å². The summed E-state index contributed by atoms with van der Waals surface area (Å²) in [6.45, 7) is 3.39. The van der Waals surface area contributed by atoms with Crippen LogP contribution in [0.4, 0.5) is 0 Å². The van der Waals surface area contributed by atoms with Crippen LogP contribution in [0.2, 0.25) is 0 Å². The molecule has 0 fully saturated rings. The van der Waals surface area contributed by atoms with Crippen molar-refractivity contribution in [1.29, 1.82) is 0 Å². The second-order valence-corrected chi connectivity index (χ2v) is 5.72. The maximum absolute atomic E-state index is 11.9. The predicted molar refractivity (Wildman–Crippen MR) is 94.9 cm³/mol. The van der Waals surface area contributed by atoms with Crippen LogP contribution in [0.3, 0.4) is 0 Å². The fourth-order valence-electron chi connectivity index (χ4n) is 2.50. The molecule has 6 heteroatoms. The van der Waals surface area contributed by atoms with Gasteiger partial charge in [-0.15, -0.1) is 0 Å². The number of nitrogens with zero attached hydrogens (tertiary/aromatic N) is 2. The highest BCUT2D eigenvalue weighted by molar-refractivity contribution is 5.94. The summed E-state index contributed by atoms with van der Waals surface area (Å²) in [7, 11) is 1.60. The molecule has 0 aliphatic carbocycles. The first-order valence-electron chi connectivity index (χ1n) is 8.10. The molecule has 0 unspecified atom stereocenters. The first-order valence-corrected chi connectivity index (χ1v) is 8.10. The summed E-state index contributed by atoms with van der Waals surface area (Å²) in [5.74, 6) is 0.571. The van der Waals surface area contributed by atoms with E-state index in [-0.39, 0.29) is 5.91 Å². The molecule has 1 N–H and O–H groups in total. The second-order valence-electron chi connectivity index (χ2n) is 5.72. The summed E-state index contributed by atoms with van der Waals surface area (Å²) in [5.41, 5.74) is 3.50. The molecule has 0 radical (unpaired) electrons. The van der Waals surface area contributed by atoms with Crippen molar-refractivity contribution in [3.05, 3.63) is 65.6 Å². The number of amides is 1. The Balaban J connectivity index is 1.59. The van der Waals surface area contributed by atoms with Crippen molar-refractivity contribution < 1.29 is 14.3 Å². The molecule has 0 aliphatic heterocycles. The van der Waals surface area contributed by atoms with Crippen LogP contribution >= 0.6 is 0 Å². The summed E-state index contributed by atoms with van der Waals surface area (Å²) in [6.07, 6.45) is 3.93. The number of methoxy groups -OCH3 is 1. The van der Waals surface area contributed by atoms with E-state index in [2.05, 4.69) is 10.3 Å². The fourth-order valence-corrected chi connectivity index (χ4v) is 2.50. The minimum Gasteiger partial charge on any atom is -0.487 e. The number of aromatic nitrogens is 2. The first-order chi connectivity index (χ1) is 12.2. The number of rotatable bonds is 7. The number of hydrogen-bond acceptors (Lipinski definition) is 4. The van der Waals surface area contributed by atoms with E-state index in [1.54, 1.807) is 31.4 Å². The Hall–Kier alpha value is -2.86. The predicted octanol–water partition coefficient (Wildman–Crippen LogP) is 2.60. The molecule has 1 aromatic carbocycles. The molecule has 0 bridgehead atoms. The third kappa shape index (κ3) is 4.16. The van der Waals surface area contributed by atoms with Crippen molar-refractivity contribution in [2.45, 2.75) is 13.5 Å². The number of imidazole rings is 1. The van der Waals surface area contributed by atoms with Gasteiger partial charge in [0.05, 0.1) is 12.3 Å². The summed E-state index contributed by atoms with van der Waals surface area (Å²) >= 11 is 0. The molecule has 2 aromatic heterocycles. The fraction of sp³-hybridized carbons (Fsp3) is 0.263. The number of benzene rings is 1. The van der Waals surface area contributed by atoms with Gasteiger partial charge in [0, 0.05) is 31.6 Å². The van der Waals surface area contributed by atoms with Gasteiger partial charge in [-0.25, -0.2) is 4.98 Å². The number of carbonyl (C=O) groups is 1. The molecule has 25 heavy (non-hydrogen) atoms. The molecular weight excluding hydrogens is 318 g/mol. The molecule has 0 saturated carbocycles. The zero-order valence-corrected chi connectivity index (χ0v) is 14.4. The lowest BCUT2D eigenvalue weighted by Gasteiger charge is -2.07. The lowest BCUT2D eigenvalue weighted by atomic mass is 10.2. The van der Waals surface area contributed by atoms with Crippen LogP contribution in [0.5, 0.6) is 5.75 Å². The minimum atomic E-state index is -0.126. The summed E-state index contributed by atoms with van der Waals surface area (Å²) in [5, 5.41) is 2.78. The van der Waals surface area contributed by atoms with Gasteiger partial charge in [-0.1, -0.05) is 6.07 Å². The number of fused-ring (bicyclic) bond motifs is 1. The molecule has 0 atom stereocenters. The minimum absolute atomic E-state index is 0.126. The Morgan fingerprint density at radius 3 is 2.76 bits per heavy atom. The molecule has 3 rings (SSSR count). The highest BCUT2D eigenvalue weighted by atomic mass is 16.5. The molecule has 130 valence electrons. The summed E-state index contributed by atoms with van der Waals surface area (Å²) in [6, 6.07) is 11.1. The standard InChI is InChI=1S/C19H21N3O3/c1-14-4-3-10-22-12-16(21-18(14)22)13-25-17-7-5-15(6-8-17)19(23)20-9-11-24-2/h3-8,10,12H,9,11,13H2,1-2H3,(H,20,23). The maximum atomic E-state index is 11.9. The van der Waals surface area contributed by atoms with Crippen LogP contribution in [-0.4, -0.2) is 35.6 Å². The molecule has 0 spiro atoms. The number of aryl methyl sites for hydroxylation is 1. The van der Waals surface area contributed by atoms with Crippen LogP contribution < -0.4 is 10.1 Å². The molecular formula is C19H21N3O3. The van der Waals surface area contributed by atoms with Crippen molar-refractivity contribution in [1.82, 2.24) is 14.7 Å². The Morgan fingerprint density at radius 1 is 1.24 bits per heavy atom. The number of pyridine rings is 1. The zero-order chi connectivity index (χ0) is 17.6. The van der Waals surface area contributed by atoms with Gasteiger partial charge in [-0.2, -0.15) is 0 Å². The number of hydrogen-bond donors (Lipinski definition) is 1. The maximum Gasteiger partial charge on any atom is 0.251 e.